The van der Waals surface area contributed by atoms with E-state index in [0.29, 0.717) is 17.6 Å². The summed E-state index contributed by atoms with van der Waals surface area (Å²) < 4.78 is 5.80. The third kappa shape index (κ3) is 1.25. The van der Waals surface area contributed by atoms with Crippen molar-refractivity contribution in [2.24, 2.45) is 17.1 Å². The largest absolute Gasteiger partial charge is 0.377 e. The maximum absolute atomic E-state index is 6.66. The van der Waals surface area contributed by atoms with E-state index in [1.807, 2.05) is 0 Å². The highest BCUT2D eigenvalue weighted by Crippen LogP contribution is 2.58. The van der Waals surface area contributed by atoms with Crippen molar-refractivity contribution in [1.82, 2.24) is 5.32 Å². The van der Waals surface area contributed by atoms with Gasteiger partial charge in [0.2, 0.25) is 0 Å². The quantitative estimate of drug-likeness (QED) is 0.759. The molecule has 0 amide bonds. The number of nitrogens with two attached hydrogens (primary N) is 1. The summed E-state index contributed by atoms with van der Waals surface area (Å²) in [6.45, 7) is 8.66. The second-order valence-electron chi connectivity index (χ2n) is 6.86. The van der Waals surface area contributed by atoms with Crippen LogP contribution in [0.3, 0.4) is 0 Å². The van der Waals surface area contributed by atoms with E-state index in [1.54, 1.807) is 0 Å². The van der Waals surface area contributed by atoms with E-state index in [9.17, 15) is 0 Å². The number of hydrogen-bond acceptors (Lipinski definition) is 3. The Balaban J connectivity index is 1.71. The van der Waals surface area contributed by atoms with Crippen molar-refractivity contribution >= 4 is 0 Å². The van der Waals surface area contributed by atoms with Crippen molar-refractivity contribution < 1.29 is 4.74 Å². The van der Waals surface area contributed by atoms with Crippen LogP contribution < -0.4 is 11.1 Å². The Morgan fingerprint density at radius 2 is 2.00 bits per heavy atom. The third-order valence-electron chi connectivity index (χ3n) is 5.47. The highest BCUT2D eigenvalue weighted by atomic mass is 16.5. The molecule has 3 aliphatic rings. The van der Waals surface area contributed by atoms with Gasteiger partial charge in [-0.2, -0.15) is 0 Å². The first-order valence-electron chi connectivity index (χ1n) is 6.55. The van der Waals surface area contributed by atoms with Crippen LogP contribution in [0.25, 0.3) is 0 Å². The van der Waals surface area contributed by atoms with E-state index in [-0.39, 0.29) is 11.0 Å². The summed E-state index contributed by atoms with van der Waals surface area (Å²) >= 11 is 0. The molecule has 92 valence electrons. The first-order valence-corrected chi connectivity index (χ1v) is 6.55. The predicted octanol–water partition coefficient (Wildman–Crippen LogP) is 1.27. The molecule has 16 heavy (non-hydrogen) atoms. The summed E-state index contributed by atoms with van der Waals surface area (Å²) in [6.07, 6.45) is 4.14. The molecule has 3 nitrogen and oxygen atoms in total. The molecule has 3 fully saturated rings. The van der Waals surface area contributed by atoms with Gasteiger partial charge in [-0.3, -0.25) is 0 Å². The van der Waals surface area contributed by atoms with E-state index < -0.39 is 0 Å². The SMILES string of the molecule is CC1(NCC2(N)C3CCOC3C2(C)C)CC1. The minimum atomic E-state index is -0.0697. The number of ether oxygens (including phenoxy) is 1. The van der Waals surface area contributed by atoms with E-state index >= 15 is 0 Å². The lowest BCUT2D eigenvalue weighted by atomic mass is 9.48. The Morgan fingerprint density at radius 1 is 1.31 bits per heavy atom. The Kier molecular flexibility index (Phi) is 2.07. The Bertz CT molecular complexity index is 311. The molecule has 1 aliphatic heterocycles. The van der Waals surface area contributed by atoms with Crippen molar-refractivity contribution in [3.8, 4) is 0 Å². The lowest BCUT2D eigenvalue weighted by Crippen LogP contribution is -2.78. The van der Waals surface area contributed by atoms with Crippen LogP contribution in [0.1, 0.15) is 40.0 Å². The zero-order valence-corrected chi connectivity index (χ0v) is 10.7. The number of fused-ring (bicyclic) bond motifs is 1. The lowest BCUT2D eigenvalue weighted by molar-refractivity contribution is -0.154. The summed E-state index contributed by atoms with van der Waals surface area (Å²) in [5.74, 6) is 0.567. The molecule has 0 aromatic rings. The predicted molar refractivity (Wildman–Crippen MR) is 64.2 cm³/mol. The fourth-order valence-corrected chi connectivity index (χ4v) is 3.56. The molecule has 0 spiro atoms. The molecule has 2 aliphatic carbocycles. The highest BCUT2D eigenvalue weighted by molar-refractivity contribution is 5.22. The van der Waals surface area contributed by atoms with E-state index in [4.69, 9.17) is 10.5 Å². The molecule has 1 saturated heterocycles. The topological polar surface area (TPSA) is 47.3 Å². The Morgan fingerprint density at radius 3 is 2.62 bits per heavy atom. The van der Waals surface area contributed by atoms with Gasteiger partial charge in [0.15, 0.2) is 0 Å². The standard InChI is InChI=1S/C13H24N2O/c1-11(2)10-9(4-7-16-10)13(11,14)8-15-12(3)5-6-12/h9-10,15H,4-8,14H2,1-3H3. The van der Waals surface area contributed by atoms with Crippen molar-refractivity contribution in [2.75, 3.05) is 13.2 Å². The molecule has 3 heteroatoms. The average molecular weight is 224 g/mol. The minimum Gasteiger partial charge on any atom is -0.377 e. The van der Waals surface area contributed by atoms with E-state index in [1.165, 1.54) is 12.8 Å². The van der Waals surface area contributed by atoms with E-state index in [0.717, 1.165) is 19.6 Å². The smallest absolute Gasteiger partial charge is 0.0691 e. The number of hydrogen-bond donors (Lipinski definition) is 2. The monoisotopic (exact) mass is 224 g/mol. The molecule has 3 atom stereocenters. The summed E-state index contributed by atoms with van der Waals surface area (Å²) in [5.41, 5.74) is 7.09. The van der Waals surface area contributed by atoms with Gasteiger partial charge >= 0.3 is 0 Å². The highest BCUT2D eigenvalue weighted by Gasteiger charge is 2.67. The first kappa shape index (κ1) is 11.0. The van der Waals surface area contributed by atoms with Crippen LogP contribution in [0.4, 0.5) is 0 Å². The van der Waals surface area contributed by atoms with Crippen LogP contribution in [0.2, 0.25) is 0 Å². The van der Waals surface area contributed by atoms with Crippen LogP contribution in [0.15, 0.2) is 0 Å². The second-order valence-corrected chi connectivity index (χ2v) is 6.86. The van der Waals surface area contributed by atoms with Crippen LogP contribution in [0.5, 0.6) is 0 Å². The van der Waals surface area contributed by atoms with Gasteiger partial charge in [-0.1, -0.05) is 13.8 Å². The fraction of sp³-hybridized carbons (Fsp3) is 1.00. The van der Waals surface area contributed by atoms with Gasteiger partial charge in [0, 0.05) is 35.6 Å². The molecular formula is C13H24N2O. The van der Waals surface area contributed by atoms with Gasteiger partial charge in [-0.25, -0.2) is 0 Å². The van der Waals surface area contributed by atoms with Crippen molar-refractivity contribution in [1.29, 1.82) is 0 Å². The van der Waals surface area contributed by atoms with Crippen LogP contribution in [-0.2, 0) is 4.74 Å². The molecular weight excluding hydrogens is 200 g/mol. The van der Waals surface area contributed by atoms with Gasteiger partial charge in [0.05, 0.1) is 6.10 Å². The maximum atomic E-state index is 6.66. The van der Waals surface area contributed by atoms with Crippen molar-refractivity contribution in [2.45, 2.75) is 57.2 Å². The van der Waals surface area contributed by atoms with Gasteiger partial charge in [-0.05, 0) is 26.2 Å². The zero-order valence-electron chi connectivity index (χ0n) is 10.7. The summed E-state index contributed by atoms with van der Waals surface area (Å²) in [7, 11) is 0. The Labute approximate surface area is 98.1 Å². The Hall–Kier alpha value is -0.120. The van der Waals surface area contributed by atoms with Gasteiger partial charge < -0.3 is 15.8 Å². The fourth-order valence-electron chi connectivity index (χ4n) is 3.56. The molecule has 0 bridgehead atoms. The van der Waals surface area contributed by atoms with Crippen molar-refractivity contribution in [3.05, 3.63) is 0 Å². The molecule has 0 aromatic carbocycles. The maximum Gasteiger partial charge on any atom is 0.0691 e. The third-order valence-corrected chi connectivity index (χ3v) is 5.47. The van der Waals surface area contributed by atoms with Crippen LogP contribution in [0, 0.1) is 11.3 Å². The zero-order chi connectivity index (χ0) is 11.6. The van der Waals surface area contributed by atoms with Gasteiger partial charge in [0.1, 0.15) is 0 Å². The molecule has 3 N–H and O–H groups in total. The van der Waals surface area contributed by atoms with Gasteiger partial charge in [0.25, 0.3) is 0 Å². The number of nitrogens with one attached hydrogen (secondary N) is 1. The average Bonchev–Trinajstić information content (AvgIpc) is 2.81. The minimum absolute atomic E-state index is 0.0697. The summed E-state index contributed by atoms with van der Waals surface area (Å²) in [6, 6.07) is 0. The van der Waals surface area contributed by atoms with Crippen molar-refractivity contribution in [3.63, 3.8) is 0 Å². The van der Waals surface area contributed by atoms with Gasteiger partial charge in [-0.15, -0.1) is 0 Å². The molecule has 0 radical (unpaired) electrons. The number of rotatable bonds is 3. The molecule has 3 unspecified atom stereocenters. The van der Waals surface area contributed by atoms with E-state index in [2.05, 4.69) is 26.1 Å². The normalized spacial score (nSPS) is 47.2. The molecule has 1 heterocycles. The molecule has 0 aromatic heterocycles. The van der Waals surface area contributed by atoms with Crippen LogP contribution >= 0.6 is 0 Å². The second kappa shape index (κ2) is 3.01. The summed E-state index contributed by atoms with van der Waals surface area (Å²) in [5, 5.41) is 3.66. The summed E-state index contributed by atoms with van der Waals surface area (Å²) in [4.78, 5) is 0. The van der Waals surface area contributed by atoms with Crippen LogP contribution in [-0.4, -0.2) is 30.3 Å². The molecule has 2 saturated carbocycles. The first-order chi connectivity index (χ1) is 7.39. The molecule has 3 rings (SSSR count). The lowest BCUT2D eigenvalue weighted by Gasteiger charge is -2.62.